The van der Waals surface area contributed by atoms with E-state index in [4.69, 9.17) is 10.5 Å². The lowest BCUT2D eigenvalue weighted by Crippen LogP contribution is -2.43. The minimum Gasteiger partial charge on any atom is -0.496 e. The number of halogens is 1. The zero-order chi connectivity index (χ0) is 10.2. The fraction of sp³-hybridized carbons (Fsp3) is 0.455. The molecule has 0 aromatic heterocycles. The van der Waals surface area contributed by atoms with Gasteiger partial charge in [-0.05, 0) is 31.4 Å². The Hall–Kier alpha value is -0.540. The molecule has 0 aliphatic heterocycles. The number of benzene rings is 1. The predicted molar refractivity (Wildman–Crippen MR) is 60.4 cm³/mol. The quantitative estimate of drug-likeness (QED) is 0.883. The van der Waals surface area contributed by atoms with Crippen LogP contribution in [0.5, 0.6) is 5.75 Å². The Morgan fingerprint density at radius 3 is 2.64 bits per heavy atom. The van der Waals surface area contributed by atoms with E-state index in [9.17, 15) is 0 Å². The number of methoxy groups -OCH3 is 1. The Morgan fingerprint density at radius 2 is 2.14 bits per heavy atom. The molecule has 1 fully saturated rings. The third-order valence-electron chi connectivity index (χ3n) is 2.95. The average Bonchev–Trinajstić information content (AvgIpc) is 2.14. The maximum absolute atomic E-state index is 6.26. The van der Waals surface area contributed by atoms with Crippen molar-refractivity contribution in [1.82, 2.24) is 0 Å². The summed E-state index contributed by atoms with van der Waals surface area (Å²) < 4.78 is 6.37. The van der Waals surface area contributed by atoms with Crippen LogP contribution in [0.15, 0.2) is 22.7 Å². The van der Waals surface area contributed by atoms with E-state index in [1.807, 2.05) is 12.1 Å². The summed E-state index contributed by atoms with van der Waals surface area (Å²) in [6, 6.07) is 6.05. The van der Waals surface area contributed by atoms with E-state index in [1.165, 1.54) is 6.42 Å². The van der Waals surface area contributed by atoms with Gasteiger partial charge >= 0.3 is 0 Å². The highest BCUT2D eigenvalue weighted by Crippen LogP contribution is 2.43. The van der Waals surface area contributed by atoms with Crippen molar-refractivity contribution in [2.75, 3.05) is 7.11 Å². The van der Waals surface area contributed by atoms with Crippen molar-refractivity contribution in [3.05, 3.63) is 28.2 Å². The van der Waals surface area contributed by atoms with Gasteiger partial charge in [-0.2, -0.15) is 0 Å². The summed E-state index contributed by atoms with van der Waals surface area (Å²) >= 11 is 3.42. The fourth-order valence-electron chi connectivity index (χ4n) is 1.90. The van der Waals surface area contributed by atoms with Crippen LogP contribution in [0, 0.1) is 0 Å². The summed E-state index contributed by atoms with van der Waals surface area (Å²) in [7, 11) is 1.69. The van der Waals surface area contributed by atoms with Crippen LogP contribution in [0.2, 0.25) is 0 Å². The molecule has 14 heavy (non-hydrogen) atoms. The van der Waals surface area contributed by atoms with E-state index < -0.39 is 0 Å². The molecule has 1 saturated carbocycles. The molecular weight excluding hydrogens is 242 g/mol. The normalized spacial score (nSPS) is 18.8. The molecule has 3 heteroatoms. The van der Waals surface area contributed by atoms with Gasteiger partial charge < -0.3 is 10.5 Å². The van der Waals surface area contributed by atoms with E-state index in [0.29, 0.717) is 0 Å². The minimum atomic E-state index is -0.147. The van der Waals surface area contributed by atoms with Gasteiger partial charge in [0.05, 0.1) is 7.11 Å². The van der Waals surface area contributed by atoms with Gasteiger partial charge in [-0.25, -0.2) is 0 Å². The van der Waals surface area contributed by atoms with E-state index in [1.54, 1.807) is 7.11 Å². The second kappa shape index (κ2) is 3.55. The highest BCUT2D eigenvalue weighted by Gasteiger charge is 2.36. The van der Waals surface area contributed by atoms with E-state index in [2.05, 4.69) is 22.0 Å². The first-order valence-corrected chi connectivity index (χ1v) is 5.58. The molecule has 0 bridgehead atoms. The predicted octanol–water partition coefficient (Wildman–Crippen LogP) is 2.80. The maximum Gasteiger partial charge on any atom is 0.125 e. The molecule has 2 rings (SSSR count). The van der Waals surface area contributed by atoms with Gasteiger partial charge in [-0.1, -0.05) is 22.0 Å². The molecule has 1 aliphatic carbocycles. The van der Waals surface area contributed by atoms with Gasteiger partial charge in [0, 0.05) is 15.6 Å². The lowest BCUT2D eigenvalue weighted by molar-refractivity contribution is 0.244. The standard InChI is InChI=1S/C11H14BrNO/c1-14-10-7-8(12)3-4-9(10)11(13)5-2-6-11/h3-4,7H,2,5-6,13H2,1H3. The highest BCUT2D eigenvalue weighted by atomic mass is 79.9. The Labute approximate surface area is 92.6 Å². The van der Waals surface area contributed by atoms with Gasteiger partial charge in [0.2, 0.25) is 0 Å². The molecule has 0 radical (unpaired) electrons. The van der Waals surface area contributed by atoms with Crippen LogP contribution in [0.3, 0.4) is 0 Å². The molecule has 0 saturated heterocycles. The number of hydrogen-bond donors (Lipinski definition) is 1. The van der Waals surface area contributed by atoms with Crippen molar-refractivity contribution in [3.8, 4) is 5.75 Å². The van der Waals surface area contributed by atoms with Gasteiger partial charge in [0.1, 0.15) is 5.75 Å². The van der Waals surface area contributed by atoms with Gasteiger partial charge in [-0.15, -0.1) is 0 Å². The molecule has 2 N–H and O–H groups in total. The Bertz CT molecular complexity index is 347. The second-order valence-corrected chi connectivity index (χ2v) is 4.77. The average molecular weight is 256 g/mol. The number of hydrogen-bond acceptors (Lipinski definition) is 2. The van der Waals surface area contributed by atoms with E-state index >= 15 is 0 Å². The Kier molecular flexibility index (Phi) is 2.54. The fourth-order valence-corrected chi connectivity index (χ4v) is 2.24. The third-order valence-corrected chi connectivity index (χ3v) is 3.44. The summed E-state index contributed by atoms with van der Waals surface area (Å²) in [4.78, 5) is 0. The van der Waals surface area contributed by atoms with Crippen LogP contribution in [0.25, 0.3) is 0 Å². The van der Waals surface area contributed by atoms with Crippen LogP contribution in [-0.4, -0.2) is 7.11 Å². The summed E-state index contributed by atoms with van der Waals surface area (Å²) in [6.07, 6.45) is 3.34. The summed E-state index contributed by atoms with van der Waals surface area (Å²) in [5.41, 5.74) is 7.24. The molecule has 2 nitrogen and oxygen atoms in total. The van der Waals surface area contributed by atoms with Crippen LogP contribution >= 0.6 is 15.9 Å². The zero-order valence-electron chi connectivity index (χ0n) is 8.22. The maximum atomic E-state index is 6.26. The number of rotatable bonds is 2. The molecular formula is C11H14BrNO. The second-order valence-electron chi connectivity index (χ2n) is 3.85. The summed E-state index contributed by atoms with van der Waals surface area (Å²) in [6.45, 7) is 0. The molecule has 0 unspecified atom stereocenters. The van der Waals surface area contributed by atoms with Crippen molar-refractivity contribution in [2.24, 2.45) is 5.73 Å². The molecule has 0 amide bonds. The molecule has 0 heterocycles. The highest BCUT2D eigenvalue weighted by molar-refractivity contribution is 9.10. The molecule has 1 aromatic rings. The van der Waals surface area contributed by atoms with Crippen molar-refractivity contribution in [1.29, 1.82) is 0 Å². The molecule has 1 aliphatic rings. The zero-order valence-corrected chi connectivity index (χ0v) is 9.80. The number of ether oxygens (including phenoxy) is 1. The first-order valence-electron chi connectivity index (χ1n) is 4.79. The van der Waals surface area contributed by atoms with Crippen LogP contribution in [0.1, 0.15) is 24.8 Å². The molecule has 0 atom stereocenters. The summed E-state index contributed by atoms with van der Waals surface area (Å²) in [5.74, 6) is 0.890. The largest absolute Gasteiger partial charge is 0.496 e. The van der Waals surface area contributed by atoms with Gasteiger partial charge in [-0.3, -0.25) is 0 Å². The van der Waals surface area contributed by atoms with Crippen LogP contribution in [-0.2, 0) is 5.54 Å². The number of nitrogens with two attached hydrogens (primary N) is 1. The van der Waals surface area contributed by atoms with Crippen molar-refractivity contribution in [3.63, 3.8) is 0 Å². The monoisotopic (exact) mass is 255 g/mol. The topological polar surface area (TPSA) is 35.2 Å². The smallest absolute Gasteiger partial charge is 0.125 e. The van der Waals surface area contributed by atoms with Gasteiger partial charge in [0.15, 0.2) is 0 Å². The lowest BCUT2D eigenvalue weighted by Gasteiger charge is -2.39. The third kappa shape index (κ3) is 1.55. The lowest BCUT2D eigenvalue weighted by atomic mass is 9.72. The first-order chi connectivity index (χ1) is 6.65. The minimum absolute atomic E-state index is 0.147. The molecule has 0 spiro atoms. The molecule has 1 aromatic carbocycles. The summed E-state index contributed by atoms with van der Waals surface area (Å²) in [5, 5.41) is 0. The Morgan fingerprint density at radius 1 is 1.43 bits per heavy atom. The van der Waals surface area contributed by atoms with Crippen molar-refractivity contribution in [2.45, 2.75) is 24.8 Å². The Balaban J connectivity index is 2.41. The SMILES string of the molecule is COc1cc(Br)ccc1C1(N)CCC1. The van der Waals surface area contributed by atoms with E-state index in [0.717, 1.165) is 28.6 Å². The van der Waals surface area contributed by atoms with Crippen molar-refractivity contribution >= 4 is 15.9 Å². The molecule has 76 valence electrons. The first kappa shape index (κ1) is 9.99. The van der Waals surface area contributed by atoms with E-state index in [-0.39, 0.29) is 5.54 Å². The van der Waals surface area contributed by atoms with Crippen molar-refractivity contribution < 1.29 is 4.74 Å². The van der Waals surface area contributed by atoms with Crippen LogP contribution < -0.4 is 10.5 Å². The van der Waals surface area contributed by atoms with Crippen LogP contribution in [0.4, 0.5) is 0 Å². The van der Waals surface area contributed by atoms with Gasteiger partial charge in [0.25, 0.3) is 0 Å².